The summed E-state index contributed by atoms with van der Waals surface area (Å²) in [5.74, 6) is 0. The zero-order valence-electron chi connectivity index (χ0n) is 15.3. The van der Waals surface area contributed by atoms with Gasteiger partial charge in [0.2, 0.25) is 0 Å². The van der Waals surface area contributed by atoms with Crippen LogP contribution in [0.4, 0.5) is 0 Å². The third-order valence-electron chi connectivity index (χ3n) is 3.43. The summed E-state index contributed by atoms with van der Waals surface area (Å²) in [5, 5.41) is 20.0. The number of nitrogens with zero attached hydrogens (tertiary/aromatic N) is 2. The molecule has 0 rings (SSSR count). The molecule has 0 bridgehead atoms. The summed E-state index contributed by atoms with van der Waals surface area (Å²) in [6.07, 6.45) is 0.326. The topological polar surface area (TPSA) is 99.0 Å². The second kappa shape index (κ2) is 9.15. The molecule has 6 heteroatoms. The van der Waals surface area contributed by atoms with Crippen LogP contribution in [-0.2, 0) is 0 Å². The van der Waals surface area contributed by atoms with Crippen molar-refractivity contribution in [3.05, 3.63) is 0 Å². The van der Waals surface area contributed by atoms with Crippen molar-refractivity contribution in [3.8, 4) is 0 Å². The maximum absolute atomic E-state index is 10.0. The summed E-state index contributed by atoms with van der Waals surface area (Å²) in [5.41, 5.74) is 11.1. The van der Waals surface area contributed by atoms with Crippen LogP contribution in [0.2, 0.25) is 0 Å². The summed E-state index contributed by atoms with van der Waals surface area (Å²) in [6.45, 7) is 10.6. The van der Waals surface area contributed by atoms with E-state index in [1.54, 1.807) is 0 Å². The van der Waals surface area contributed by atoms with Crippen molar-refractivity contribution in [1.82, 2.24) is 9.80 Å². The Balaban J connectivity index is 3.96. The van der Waals surface area contributed by atoms with Crippen LogP contribution >= 0.6 is 0 Å². The molecule has 0 amide bonds. The normalized spacial score (nSPS) is 16.4. The SMILES string of the molecule is CN(CCN(C)CC(O)CC(C)(C)N)CC(O)CC(C)(C)N. The smallest absolute Gasteiger partial charge is 0.0684 e. The Labute approximate surface area is 136 Å². The van der Waals surface area contributed by atoms with Crippen LogP contribution < -0.4 is 11.5 Å². The van der Waals surface area contributed by atoms with E-state index < -0.39 is 12.2 Å². The highest BCUT2D eigenvalue weighted by Gasteiger charge is 2.20. The molecule has 134 valence electrons. The van der Waals surface area contributed by atoms with E-state index >= 15 is 0 Å². The number of rotatable bonds is 11. The fourth-order valence-corrected chi connectivity index (χ4v) is 2.59. The molecule has 0 saturated carbocycles. The Kier molecular flexibility index (Phi) is 9.05. The van der Waals surface area contributed by atoms with Gasteiger partial charge in [0.15, 0.2) is 0 Å². The van der Waals surface area contributed by atoms with E-state index in [0.717, 1.165) is 13.1 Å². The molecular formula is C16H38N4O2. The molecule has 0 fully saturated rings. The first-order valence-electron chi connectivity index (χ1n) is 8.09. The molecule has 0 aromatic rings. The molecular weight excluding hydrogens is 280 g/mol. The third-order valence-corrected chi connectivity index (χ3v) is 3.43. The zero-order valence-corrected chi connectivity index (χ0v) is 15.3. The van der Waals surface area contributed by atoms with Gasteiger partial charge in [0.1, 0.15) is 0 Å². The molecule has 2 atom stereocenters. The minimum atomic E-state index is -0.418. The number of nitrogens with two attached hydrogens (primary N) is 2. The number of hydrogen-bond donors (Lipinski definition) is 4. The van der Waals surface area contributed by atoms with Gasteiger partial charge in [-0.15, -0.1) is 0 Å². The molecule has 22 heavy (non-hydrogen) atoms. The first-order chi connectivity index (χ1) is 9.78. The largest absolute Gasteiger partial charge is 0.392 e. The molecule has 0 aromatic carbocycles. The van der Waals surface area contributed by atoms with Crippen molar-refractivity contribution >= 4 is 0 Å². The maximum atomic E-state index is 10.0. The van der Waals surface area contributed by atoms with Crippen molar-refractivity contribution in [2.75, 3.05) is 40.3 Å². The lowest BCUT2D eigenvalue weighted by Gasteiger charge is -2.29. The Morgan fingerprint density at radius 2 is 1.05 bits per heavy atom. The maximum Gasteiger partial charge on any atom is 0.0684 e. The van der Waals surface area contributed by atoms with Crippen LogP contribution in [0, 0.1) is 0 Å². The fourth-order valence-electron chi connectivity index (χ4n) is 2.59. The third kappa shape index (κ3) is 13.4. The van der Waals surface area contributed by atoms with Gasteiger partial charge in [-0.25, -0.2) is 0 Å². The van der Waals surface area contributed by atoms with Gasteiger partial charge in [-0.2, -0.15) is 0 Å². The van der Waals surface area contributed by atoms with E-state index in [2.05, 4.69) is 9.80 Å². The van der Waals surface area contributed by atoms with Crippen LogP contribution in [0.5, 0.6) is 0 Å². The Morgan fingerprint density at radius 1 is 0.773 bits per heavy atom. The summed E-state index contributed by atoms with van der Waals surface area (Å²) in [7, 11) is 3.97. The number of aliphatic hydroxyl groups is 2. The Morgan fingerprint density at radius 3 is 1.27 bits per heavy atom. The van der Waals surface area contributed by atoms with Gasteiger partial charge in [-0.05, 0) is 54.6 Å². The quantitative estimate of drug-likeness (QED) is 0.422. The minimum absolute atomic E-state index is 0.351. The lowest BCUT2D eigenvalue weighted by molar-refractivity contribution is 0.0813. The van der Waals surface area contributed by atoms with Crippen molar-refractivity contribution < 1.29 is 10.2 Å². The summed E-state index contributed by atoms with van der Waals surface area (Å²) < 4.78 is 0. The second-order valence-corrected chi connectivity index (χ2v) is 8.22. The first kappa shape index (κ1) is 21.8. The number of hydrogen-bond acceptors (Lipinski definition) is 6. The van der Waals surface area contributed by atoms with Gasteiger partial charge in [0.05, 0.1) is 12.2 Å². The van der Waals surface area contributed by atoms with Gasteiger partial charge < -0.3 is 31.5 Å². The van der Waals surface area contributed by atoms with Crippen LogP contribution in [0.25, 0.3) is 0 Å². The minimum Gasteiger partial charge on any atom is -0.392 e. The van der Waals surface area contributed by atoms with Crippen LogP contribution in [0.1, 0.15) is 40.5 Å². The van der Waals surface area contributed by atoms with Crippen molar-refractivity contribution in [2.45, 2.75) is 63.8 Å². The van der Waals surface area contributed by atoms with Gasteiger partial charge in [0, 0.05) is 37.3 Å². The van der Waals surface area contributed by atoms with E-state index in [0.29, 0.717) is 25.9 Å². The average Bonchev–Trinajstić information content (AvgIpc) is 2.20. The van der Waals surface area contributed by atoms with E-state index in [1.807, 2.05) is 41.8 Å². The number of aliphatic hydroxyl groups excluding tert-OH is 2. The molecule has 0 heterocycles. The zero-order chi connectivity index (χ0) is 17.6. The van der Waals surface area contributed by atoms with E-state index in [-0.39, 0.29) is 11.1 Å². The number of likely N-dealkylation sites (N-methyl/N-ethyl adjacent to an activating group) is 2. The summed E-state index contributed by atoms with van der Waals surface area (Å²) in [6, 6.07) is 0. The van der Waals surface area contributed by atoms with Crippen LogP contribution in [0.15, 0.2) is 0 Å². The predicted molar refractivity (Wildman–Crippen MR) is 92.8 cm³/mol. The molecule has 0 radical (unpaired) electrons. The molecule has 6 nitrogen and oxygen atoms in total. The Hall–Kier alpha value is -0.240. The highest BCUT2D eigenvalue weighted by molar-refractivity contribution is 4.79. The standard InChI is InChI=1S/C16H38N4O2/c1-15(2,17)9-13(21)11-19(5)7-8-20(6)12-14(22)10-16(3,4)18/h13-14,21-22H,7-12,17-18H2,1-6H3. The molecule has 0 aliphatic heterocycles. The molecule has 0 spiro atoms. The van der Waals surface area contributed by atoms with E-state index in [1.165, 1.54) is 0 Å². The van der Waals surface area contributed by atoms with Crippen molar-refractivity contribution in [3.63, 3.8) is 0 Å². The molecule has 0 aliphatic carbocycles. The molecule has 2 unspecified atom stereocenters. The summed E-state index contributed by atoms with van der Waals surface area (Å²) >= 11 is 0. The van der Waals surface area contributed by atoms with Gasteiger partial charge >= 0.3 is 0 Å². The monoisotopic (exact) mass is 318 g/mol. The predicted octanol–water partition coefficient (Wildman–Crippen LogP) is -0.173. The van der Waals surface area contributed by atoms with Crippen molar-refractivity contribution in [1.29, 1.82) is 0 Å². The van der Waals surface area contributed by atoms with Gasteiger partial charge in [-0.3, -0.25) is 0 Å². The Bertz CT molecular complexity index is 270. The molecule has 0 saturated heterocycles. The lowest BCUT2D eigenvalue weighted by atomic mass is 9.98. The highest BCUT2D eigenvalue weighted by Crippen LogP contribution is 2.09. The van der Waals surface area contributed by atoms with E-state index in [9.17, 15) is 10.2 Å². The molecule has 0 aromatic heterocycles. The van der Waals surface area contributed by atoms with Crippen LogP contribution in [0.3, 0.4) is 0 Å². The first-order valence-corrected chi connectivity index (χ1v) is 8.09. The lowest BCUT2D eigenvalue weighted by Crippen LogP contribution is -2.43. The average molecular weight is 319 g/mol. The van der Waals surface area contributed by atoms with Crippen LogP contribution in [-0.4, -0.2) is 83.6 Å². The highest BCUT2D eigenvalue weighted by atomic mass is 16.3. The van der Waals surface area contributed by atoms with Gasteiger partial charge in [0.25, 0.3) is 0 Å². The van der Waals surface area contributed by atoms with Crippen molar-refractivity contribution in [2.24, 2.45) is 11.5 Å². The summed E-state index contributed by atoms with van der Waals surface area (Å²) in [4.78, 5) is 4.18. The molecule has 6 N–H and O–H groups in total. The molecule has 0 aliphatic rings. The van der Waals surface area contributed by atoms with Gasteiger partial charge in [-0.1, -0.05) is 0 Å². The second-order valence-electron chi connectivity index (χ2n) is 8.22. The van der Waals surface area contributed by atoms with E-state index in [4.69, 9.17) is 11.5 Å². The fraction of sp³-hybridized carbons (Fsp3) is 1.00.